The molecule has 114 valence electrons. The van der Waals surface area contributed by atoms with Gasteiger partial charge in [0.15, 0.2) is 6.10 Å². The molecule has 0 spiro atoms. The summed E-state index contributed by atoms with van der Waals surface area (Å²) in [5.41, 5.74) is -0.620. The molecule has 0 radical (unpaired) electrons. The zero-order chi connectivity index (χ0) is 15.3. The zero-order valence-corrected chi connectivity index (χ0v) is 11.5. The number of aliphatic hydroxyl groups excluding tert-OH is 1. The fourth-order valence-corrected chi connectivity index (χ4v) is 1.03. The monoisotopic (exact) mass is 286 g/mol. The van der Waals surface area contributed by atoms with Crippen molar-refractivity contribution in [1.29, 1.82) is 0 Å². The van der Waals surface area contributed by atoms with Crippen molar-refractivity contribution in [2.24, 2.45) is 0 Å². The van der Waals surface area contributed by atoms with E-state index in [1.54, 1.807) is 20.8 Å². The number of hydrogen-bond donors (Lipinski definition) is 2. The van der Waals surface area contributed by atoms with Crippen LogP contribution in [0.25, 0.3) is 0 Å². The first-order chi connectivity index (χ1) is 8.43. The van der Waals surface area contributed by atoms with Crippen LogP contribution in [0, 0.1) is 0 Å². The highest BCUT2D eigenvalue weighted by Gasteiger charge is 2.37. The van der Waals surface area contributed by atoms with Crippen molar-refractivity contribution in [1.82, 2.24) is 10.2 Å². The summed E-state index contributed by atoms with van der Waals surface area (Å²) in [6, 6.07) is 0. The minimum Gasteiger partial charge on any atom is -0.444 e. The fraction of sp³-hybridized carbons (Fsp3) is 0.909. The van der Waals surface area contributed by atoms with E-state index in [-0.39, 0.29) is 13.1 Å². The summed E-state index contributed by atoms with van der Waals surface area (Å²) in [7, 11) is 1.48. The number of carbonyl (C=O) groups is 1. The van der Waals surface area contributed by atoms with Crippen LogP contribution in [-0.2, 0) is 4.74 Å². The second-order valence-electron chi connectivity index (χ2n) is 5.16. The van der Waals surface area contributed by atoms with Crippen LogP contribution in [0.2, 0.25) is 0 Å². The lowest BCUT2D eigenvalue weighted by atomic mass is 10.2. The molecule has 0 bridgehead atoms. The third-order valence-electron chi connectivity index (χ3n) is 2.04. The largest absolute Gasteiger partial charge is 0.444 e. The molecule has 0 rings (SSSR count). The Hall–Kier alpha value is -1.02. The Balaban J connectivity index is 3.87. The summed E-state index contributed by atoms with van der Waals surface area (Å²) < 4.78 is 41.0. The van der Waals surface area contributed by atoms with Gasteiger partial charge >= 0.3 is 12.3 Å². The number of alkyl halides is 3. The summed E-state index contributed by atoms with van der Waals surface area (Å²) in [6.07, 6.45) is -7.59. The molecule has 0 saturated carbocycles. The summed E-state index contributed by atoms with van der Waals surface area (Å²) in [4.78, 5) is 12.7. The molecule has 0 aromatic rings. The Morgan fingerprint density at radius 1 is 1.37 bits per heavy atom. The molecule has 1 amide bonds. The Labute approximate surface area is 110 Å². The average Bonchev–Trinajstić information content (AvgIpc) is 2.19. The van der Waals surface area contributed by atoms with Crippen molar-refractivity contribution in [3.05, 3.63) is 0 Å². The standard InChI is InChI=1S/C11H21F3N2O3/c1-10(2,3)19-9(18)16(4)6-5-15-7-8(17)11(12,13)14/h8,15,17H,5-7H2,1-4H3. The molecule has 2 N–H and O–H groups in total. The quantitative estimate of drug-likeness (QED) is 0.749. The van der Waals surface area contributed by atoms with Gasteiger partial charge in [-0.3, -0.25) is 0 Å². The first-order valence-electron chi connectivity index (χ1n) is 5.83. The van der Waals surface area contributed by atoms with E-state index in [9.17, 15) is 18.0 Å². The molecule has 1 atom stereocenters. The highest BCUT2D eigenvalue weighted by Crippen LogP contribution is 2.19. The molecule has 0 aliphatic rings. The highest BCUT2D eigenvalue weighted by molar-refractivity contribution is 5.67. The van der Waals surface area contributed by atoms with Gasteiger partial charge in [-0.15, -0.1) is 0 Å². The van der Waals surface area contributed by atoms with E-state index in [1.165, 1.54) is 11.9 Å². The molecule has 0 aliphatic carbocycles. The van der Waals surface area contributed by atoms with Crippen LogP contribution in [-0.4, -0.2) is 60.7 Å². The number of amides is 1. The predicted molar refractivity (Wildman–Crippen MR) is 63.8 cm³/mol. The van der Waals surface area contributed by atoms with Crippen molar-refractivity contribution in [2.75, 3.05) is 26.7 Å². The predicted octanol–water partition coefficient (Wildman–Crippen LogP) is 1.37. The molecule has 5 nitrogen and oxygen atoms in total. The molecule has 0 aromatic heterocycles. The maximum Gasteiger partial charge on any atom is 0.415 e. The van der Waals surface area contributed by atoms with Gasteiger partial charge in [0.2, 0.25) is 0 Å². The Kier molecular flexibility index (Phi) is 6.58. The molecular weight excluding hydrogens is 265 g/mol. The minimum absolute atomic E-state index is 0.128. The summed E-state index contributed by atoms with van der Waals surface area (Å²) in [5, 5.41) is 11.1. The lowest BCUT2D eigenvalue weighted by Crippen LogP contribution is -2.42. The van der Waals surface area contributed by atoms with E-state index in [1.807, 2.05) is 0 Å². The number of aliphatic hydroxyl groups is 1. The first-order valence-corrected chi connectivity index (χ1v) is 5.83. The number of hydrogen-bond acceptors (Lipinski definition) is 4. The number of ether oxygens (including phenoxy) is 1. The molecule has 0 heterocycles. The highest BCUT2D eigenvalue weighted by atomic mass is 19.4. The lowest BCUT2D eigenvalue weighted by molar-refractivity contribution is -0.201. The van der Waals surface area contributed by atoms with Gasteiger partial charge in [-0.2, -0.15) is 13.2 Å². The van der Waals surface area contributed by atoms with Crippen LogP contribution < -0.4 is 5.32 Å². The number of rotatable bonds is 5. The third kappa shape index (κ3) is 8.66. The van der Waals surface area contributed by atoms with Gasteiger partial charge in [0.1, 0.15) is 5.60 Å². The molecule has 0 fully saturated rings. The Morgan fingerprint density at radius 2 is 1.89 bits per heavy atom. The Morgan fingerprint density at radius 3 is 2.32 bits per heavy atom. The van der Waals surface area contributed by atoms with Gasteiger partial charge in [0.05, 0.1) is 0 Å². The van der Waals surface area contributed by atoms with Crippen molar-refractivity contribution < 1.29 is 27.8 Å². The maximum atomic E-state index is 12.0. The van der Waals surface area contributed by atoms with Crippen LogP contribution in [0.3, 0.4) is 0 Å². The van der Waals surface area contributed by atoms with E-state index in [0.717, 1.165) is 0 Å². The summed E-state index contributed by atoms with van der Waals surface area (Å²) in [5.74, 6) is 0. The number of likely N-dealkylation sites (N-methyl/N-ethyl adjacent to an activating group) is 1. The topological polar surface area (TPSA) is 61.8 Å². The third-order valence-corrected chi connectivity index (χ3v) is 2.04. The van der Waals surface area contributed by atoms with Gasteiger partial charge in [-0.05, 0) is 20.8 Å². The van der Waals surface area contributed by atoms with E-state index >= 15 is 0 Å². The van der Waals surface area contributed by atoms with Crippen LogP contribution in [0.5, 0.6) is 0 Å². The minimum atomic E-state index is -4.63. The number of nitrogens with zero attached hydrogens (tertiary/aromatic N) is 1. The average molecular weight is 286 g/mol. The van der Waals surface area contributed by atoms with Crippen molar-refractivity contribution in [3.8, 4) is 0 Å². The molecule has 8 heteroatoms. The summed E-state index contributed by atoms with van der Waals surface area (Å²) in [6.45, 7) is 4.86. The normalized spacial score (nSPS) is 14.1. The number of halogens is 3. The number of nitrogens with one attached hydrogen (secondary N) is 1. The van der Waals surface area contributed by atoms with Crippen LogP contribution >= 0.6 is 0 Å². The van der Waals surface area contributed by atoms with Crippen molar-refractivity contribution in [3.63, 3.8) is 0 Å². The van der Waals surface area contributed by atoms with E-state index in [2.05, 4.69) is 5.32 Å². The van der Waals surface area contributed by atoms with Gasteiger partial charge in [0.25, 0.3) is 0 Å². The number of carbonyl (C=O) groups excluding carboxylic acids is 1. The molecular formula is C11H21F3N2O3. The van der Waals surface area contributed by atoms with E-state index in [4.69, 9.17) is 9.84 Å². The fourth-order valence-electron chi connectivity index (χ4n) is 1.03. The molecule has 1 unspecified atom stereocenters. The van der Waals surface area contributed by atoms with E-state index < -0.39 is 30.5 Å². The second-order valence-corrected chi connectivity index (χ2v) is 5.16. The van der Waals surface area contributed by atoms with Gasteiger partial charge in [-0.25, -0.2) is 4.79 Å². The zero-order valence-electron chi connectivity index (χ0n) is 11.5. The molecule has 0 aliphatic heterocycles. The van der Waals surface area contributed by atoms with Crippen molar-refractivity contribution >= 4 is 6.09 Å². The Bertz CT molecular complexity index is 290. The van der Waals surface area contributed by atoms with Gasteiger partial charge in [0, 0.05) is 26.7 Å². The molecule has 19 heavy (non-hydrogen) atoms. The first kappa shape index (κ1) is 18.0. The van der Waals surface area contributed by atoms with Crippen LogP contribution in [0.15, 0.2) is 0 Å². The van der Waals surface area contributed by atoms with Gasteiger partial charge in [-0.1, -0.05) is 0 Å². The lowest BCUT2D eigenvalue weighted by Gasteiger charge is -2.25. The van der Waals surface area contributed by atoms with Crippen LogP contribution in [0.4, 0.5) is 18.0 Å². The SMILES string of the molecule is CN(CCNCC(O)C(F)(F)F)C(=O)OC(C)(C)C. The smallest absolute Gasteiger partial charge is 0.415 e. The second kappa shape index (κ2) is 6.95. The van der Waals surface area contributed by atoms with Crippen LogP contribution in [0.1, 0.15) is 20.8 Å². The maximum absolute atomic E-state index is 12.0. The van der Waals surface area contributed by atoms with E-state index in [0.29, 0.717) is 0 Å². The molecule has 0 aromatic carbocycles. The van der Waals surface area contributed by atoms with Crippen molar-refractivity contribution in [2.45, 2.75) is 38.7 Å². The molecule has 0 saturated heterocycles. The summed E-state index contributed by atoms with van der Waals surface area (Å²) >= 11 is 0. The van der Waals surface area contributed by atoms with Gasteiger partial charge < -0.3 is 20.1 Å².